The van der Waals surface area contributed by atoms with E-state index in [0.717, 1.165) is 17.7 Å². The van der Waals surface area contributed by atoms with Gasteiger partial charge >= 0.3 is 0 Å². The van der Waals surface area contributed by atoms with Gasteiger partial charge in [0, 0.05) is 17.8 Å². The van der Waals surface area contributed by atoms with E-state index >= 15 is 0 Å². The molecule has 5 heteroatoms. The van der Waals surface area contributed by atoms with Gasteiger partial charge in [-0.2, -0.15) is 0 Å². The van der Waals surface area contributed by atoms with E-state index < -0.39 is 0 Å². The summed E-state index contributed by atoms with van der Waals surface area (Å²) in [5, 5.41) is 5.50. The molecule has 0 heterocycles. The monoisotopic (exact) mass is 354 g/mol. The third-order valence-corrected chi connectivity index (χ3v) is 4.17. The topological polar surface area (TPSA) is 67.4 Å². The van der Waals surface area contributed by atoms with Crippen molar-refractivity contribution in [1.29, 1.82) is 0 Å². The molecule has 0 radical (unpaired) electrons. The van der Waals surface area contributed by atoms with E-state index in [4.69, 9.17) is 4.74 Å². The first-order chi connectivity index (χ1) is 12.5. The van der Waals surface area contributed by atoms with Crippen molar-refractivity contribution in [3.8, 4) is 5.75 Å². The molecule has 2 N–H and O–H groups in total. The quantitative estimate of drug-likeness (QED) is 0.754. The number of hydrogen-bond donors (Lipinski definition) is 2. The molecule has 0 saturated heterocycles. The number of para-hydroxylation sites is 1. The fourth-order valence-electron chi connectivity index (χ4n) is 2.58. The Hall–Kier alpha value is -2.82. The molecule has 2 aromatic carbocycles. The van der Waals surface area contributed by atoms with Crippen molar-refractivity contribution in [3.63, 3.8) is 0 Å². The van der Waals surface area contributed by atoms with Crippen molar-refractivity contribution in [1.82, 2.24) is 5.32 Å². The number of carbonyl (C=O) groups excluding carboxylic acids is 2. The van der Waals surface area contributed by atoms with Gasteiger partial charge in [0.1, 0.15) is 5.75 Å². The molecule has 2 rings (SSSR count). The molecular weight excluding hydrogens is 328 g/mol. The highest BCUT2D eigenvalue weighted by molar-refractivity contribution is 5.97. The normalized spacial score (nSPS) is 11.5. The fraction of sp³-hybridized carbons (Fsp3) is 0.333. The average molecular weight is 354 g/mol. The molecule has 1 atom stereocenters. The molecule has 0 spiro atoms. The Bertz CT molecular complexity index is 758. The molecular formula is C21H26N2O3. The molecule has 0 aliphatic rings. The van der Waals surface area contributed by atoms with E-state index in [9.17, 15) is 9.59 Å². The second-order valence-electron chi connectivity index (χ2n) is 6.12. The average Bonchev–Trinajstić information content (AvgIpc) is 2.66. The van der Waals surface area contributed by atoms with Crippen LogP contribution in [-0.4, -0.2) is 25.0 Å². The minimum atomic E-state index is -0.267. The van der Waals surface area contributed by atoms with Crippen LogP contribution in [0.2, 0.25) is 0 Å². The van der Waals surface area contributed by atoms with Crippen LogP contribution in [-0.2, 0) is 4.79 Å². The maximum absolute atomic E-state index is 12.2. The molecule has 5 nitrogen and oxygen atoms in total. The summed E-state index contributed by atoms with van der Waals surface area (Å²) < 4.78 is 5.72. The van der Waals surface area contributed by atoms with Crippen molar-refractivity contribution < 1.29 is 14.3 Å². The Morgan fingerprint density at radius 1 is 1.08 bits per heavy atom. The van der Waals surface area contributed by atoms with Gasteiger partial charge in [-0.1, -0.05) is 38.1 Å². The number of nitrogens with one attached hydrogen (secondary N) is 2. The number of rotatable bonds is 8. The summed E-state index contributed by atoms with van der Waals surface area (Å²) in [6.45, 7) is 6.58. The van der Waals surface area contributed by atoms with E-state index in [1.807, 2.05) is 31.2 Å². The summed E-state index contributed by atoms with van der Waals surface area (Å²) in [4.78, 5) is 24.1. The molecule has 0 bridgehead atoms. The number of ether oxygens (including phenoxy) is 1. The van der Waals surface area contributed by atoms with Crippen molar-refractivity contribution in [2.24, 2.45) is 0 Å². The summed E-state index contributed by atoms with van der Waals surface area (Å²) in [5.74, 6) is 0.662. The largest absolute Gasteiger partial charge is 0.483 e. The molecule has 0 saturated carbocycles. The van der Waals surface area contributed by atoms with Crippen molar-refractivity contribution >= 4 is 17.5 Å². The highest BCUT2D eigenvalue weighted by Crippen LogP contribution is 2.28. The highest BCUT2D eigenvalue weighted by Gasteiger charge is 2.12. The highest BCUT2D eigenvalue weighted by atomic mass is 16.5. The van der Waals surface area contributed by atoms with Gasteiger partial charge in [0.15, 0.2) is 6.61 Å². The van der Waals surface area contributed by atoms with Gasteiger partial charge in [-0.3, -0.25) is 9.59 Å². The van der Waals surface area contributed by atoms with Crippen LogP contribution >= 0.6 is 0 Å². The first kappa shape index (κ1) is 19.5. The maximum Gasteiger partial charge on any atom is 0.262 e. The Kier molecular flexibility index (Phi) is 7.21. The lowest BCUT2D eigenvalue weighted by atomic mass is 9.98. The van der Waals surface area contributed by atoms with Crippen LogP contribution in [0.25, 0.3) is 0 Å². The summed E-state index contributed by atoms with van der Waals surface area (Å²) in [5.41, 5.74) is 2.17. The summed E-state index contributed by atoms with van der Waals surface area (Å²) in [6, 6.07) is 14.6. The third-order valence-electron chi connectivity index (χ3n) is 4.17. The maximum atomic E-state index is 12.2. The van der Waals surface area contributed by atoms with Crippen LogP contribution in [0.4, 0.5) is 5.69 Å². The van der Waals surface area contributed by atoms with Gasteiger partial charge in [-0.25, -0.2) is 0 Å². The molecule has 0 aliphatic heterocycles. The van der Waals surface area contributed by atoms with Crippen molar-refractivity contribution in [2.75, 3.05) is 18.5 Å². The van der Waals surface area contributed by atoms with Crippen LogP contribution in [0, 0.1) is 0 Å². The number of hydrogen-bond acceptors (Lipinski definition) is 3. The minimum absolute atomic E-state index is 0.0845. The molecule has 0 aliphatic carbocycles. The van der Waals surface area contributed by atoms with Gasteiger partial charge in [-0.15, -0.1) is 0 Å². The first-order valence-electron chi connectivity index (χ1n) is 8.95. The van der Waals surface area contributed by atoms with Gasteiger partial charge in [-0.05, 0) is 49.1 Å². The second-order valence-corrected chi connectivity index (χ2v) is 6.12. The predicted molar refractivity (Wildman–Crippen MR) is 104 cm³/mol. The number of anilines is 1. The van der Waals surface area contributed by atoms with Crippen LogP contribution in [0.15, 0.2) is 48.5 Å². The fourth-order valence-corrected chi connectivity index (χ4v) is 2.58. The summed E-state index contributed by atoms with van der Waals surface area (Å²) in [7, 11) is 0. The lowest BCUT2D eigenvalue weighted by molar-refractivity contribution is -0.118. The van der Waals surface area contributed by atoms with Gasteiger partial charge < -0.3 is 15.4 Å². The number of amides is 2. The van der Waals surface area contributed by atoms with Crippen LogP contribution < -0.4 is 15.4 Å². The molecule has 1 unspecified atom stereocenters. The lowest BCUT2D eigenvalue weighted by Crippen LogP contribution is -2.23. The Labute approximate surface area is 154 Å². The number of carbonyl (C=O) groups is 2. The van der Waals surface area contributed by atoms with E-state index in [2.05, 4.69) is 24.5 Å². The molecule has 0 aromatic heterocycles. The molecule has 2 amide bonds. The number of benzene rings is 2. The zero-order chi connectivity index (χ0) is 18.9. The summed E-state index contributed by atoms with van der Waals surface area (Å²) >= 11 is 0. The molecule has 2 aromatic rings. The Morgan fingerprint density at radius 2 is 1.85 bits per heavy atom. The molecule has 138 valence electrons. The summed E-state index contributed by atoms with van der Waals surface area (Å²) in [6.07, 6.45) is 0.999. The van der Waals surface area contributed by atoms with E-state index in [1.54, 1.807) is 24.3 Å². The van der Waals surface area contributed by atoms with Gasteiger partial charge in [0.2, 0.25) is 0 Å². The van der Waals surface area contributed by atoms with Crippen molar-refractivity contribution in [2.45, 2.75) is 33.1 Å². The van der Waals surface area contributed by atoms with Gasteiger partial charge in [0.25, 0.3) is 11.8 Å². The SMILES string of the molecule is CCNC(=O)c1cccc(NC(=O)COc2ccccc2C(C)CC)c1. The molecule has 0 fully saturated rings. The van der Waals surface area contributed by atoms with Gasteiger partial charge in [0.05, 0.1) is 0 Å². The Balaban J connectivity index is 1.98. The van der Waals surface area contributed by atoms with Crippen LogP contribution in [0.1, 0.15) is 49.0 Å². The van der Waals surface area contributed by atoms with E-state index in [-0.39, 0.29) is 18.4 Å². The Morgan fingerprint density at radius 3 is 2.58 bits per heavy atom. The molecule has 26 heavy (non-hydrogen) atoms. The van der Waals surface area contributed by atoms with Crippen molar-refractivity contribution in [3.05, 3.63) is 59.7 Å². The first-order valence-corrected chi connectivity index (χ1v) is 8.95. The zero-order valence-electron chi connectivity index (χ0n) is 15.5. The predicted octanol–water partition coefficient (Wildman–Crippen LogP) is 3.97. The van der Waals surface area contributed by atoms with E-state index in [1.165, 1.54) is 0 Å². The minimum Gasteiger partial charge on any atom is -0.483 e. The smallest absolute Gasteiger partial charge is 0.262 e. The van der Waals surface area contributed by atoms with Crippen LogP contribution in [0.5, 0.6) is 5.75 Å². The second kappa shape index (κ2) is 9.61. The zero-order valence-corrected chi connectivity index (χ0v) is 15.5. The third kappa shape index (κ3) is 5.34. The van der Waals surface area contributed by atoms with Crippen LogP contribution in [0.3, 0.4) is 0 Å². The van der Waals surface area contributed by atoms with E-state index in [0.29, 0.717) is 23.7 Å². The standard InChI is InChI=1S/C21H26N2O3/c1-4-15(3)18-11-6-7-12-19(18)26-14-20(24)23-17-10-8-9-16(13-17)21(25)22-5-2/h6-13,15H,4-5,14H2,1-3H3,(H,22,25)(H,23,24). The lowest BCUT2D eigenvalue weighted by Gasteiger charge is -2.15.